The van der Waals surface area contributed by atoms with Crippen molar-refractivity contribution in [1.82, 2.24) is 0 Å². The van der Waals surface area contributed by atoms with E-state index in [1.807, 2.05) is 0 Å². The van der Waals surface area contributed by atoms with Gasteiger partial charge in [0.1, 0.15) is 6.10 Å². The second kappa shape index (κ2) is 15.9. The normalized spacial score (nSPS) is 12.8. The van der Waals surface area contributed by atoms with Crippen molar-refractivity contribution in [1.29, 1.82) is 0 Å². The van der Waals surface area contributed by atoms with Gasteiger partial charge in [0.15, 0.2) is 0 Å². The van der Waals surface area contributed by atoms with E-state index in [-0.39, 0.29) is 6.10 Å². The average Bonchev–Trinajstić information content (AvgIpc) is 2.42. The number of rotatable bonds is 15. The van der Waals surface area contributed by atoms with Crippen LogP contribution in [-0.2, 0) is 23.7 Å². The Morgan fingerprint density at radius 2 is 1.37 bits per heavy atom. The fourth-order valence-electron chi connectivity index (χ4n) is 1.47. The van der Waals surface area contributed by atoms with Gasteiger partial charge in [-0.05, 0) is 6.42 Å². The summed E-state index contributed by atoms with van der Waals surface area (Å²) in [5.74, 6) is 0. The first kappa shape index (κ1) is 18.8. The molecule has 1 unspecified atom stereocenters. The van der Waals surface area contributed by atoms with Crippen LogP contribution in [0, 0.1) is 0 Å². The smallest absolute Gasteiger partial charge is 0.104 e. The Bertz CT molecular complexity index is 166. The third-order valence-electron chi connectivity index (χ3n) is 2.57. The summed E-state index contributed by atoms with van der Waals surface area (Å²) in [4.78, 5) is 0. The monoisotopic (exact) mass is 278 g/mol. The molecule has 0 aromatic rings. The van der Waals surface area contributed by atoms with Gasteiger partial charge in [-0.15, -0.1) is 0 Å². The van der Waals surface area contributed by atoms with Gasteiger partial charge in [-0.2, -0.15) is 0 Å². The van der Waals surface area contributed by atoms with Crippen molar-refractivity contribution in [3.8, 4) is 0 Å². The van der Waals surface area contributed by atoms with Gasteiger partial charge < -0.3 is 23.7 Å². The zero-order valence-electron chi connectivity index (χ0n) is 12.7. The van der Waals surface area contributed by atoms with Crippen LogP contribution in [0.1, 0.15) is 26.2 Å². The molecule has 0 aromatic carbocycles. The van der Waals surface area contributed by atoms with E-state index in [2.05, 4.69) is 6.92 Å². The number of hydrogen-bond donors (Lipinski definition) is 0. The zero-order chi connectivity index (χ0) is 14.2. The highest BCUT2D eigenvalue weighted by Crippen LogP contribution is 1.99. The maximum atomic E-state index is 5.65. The summed E-state index contributed by atoms with van der Waals surface area (Å²) in [6.45, 7) is 6.40. The first-order valence-corrected chi connectivity index (χ1v) is 7.10. The molecule has 0 saturated carbocycles. The van der Waals surface area contributed by atoms with Gasteiger partial charge in [-0.3, -0.25) is 0 Å². The molecule has 0 radical (unpaired) electrons. The second-order valence-electron chi connectivity index (χ2n) is 4.34. The fraction of sp³-hybridized carbons (Fsp3) is 1.00. The number of ether oxygens (including phenoxy) is 5. The Kier molecular flexibility index (Phi) is 15.7. The molecule has 0 heterocycles. The highest BCUT2D eigenvalue weighted by atomic mass is 16.6. The summed E-state index contributed by atoms with van der Waals surface area (Å²) in [6.07, 6.45) is 3.48. The van der Waals surface area contributed by atoms with Gasteiger partial charge in [0.25, 0.3) is 0 Å². The topological polar surface area (TPSA) is 46.2 Å². The van der Waals surface area contributed by atoms with Gasteiger partial charge in [0.2, 0.25) is 0 Å². The van der Waals surface area contributed by atoms with Crippen LogP contribution < -0.4 is 0 Å². The summed E-state index contributed by atoms with van der Waals surface area (Å²) in [6, 6.07) is 0. The molecule has 0 aliphatic rings. The van der Waals surface area contributed by atoms with E-state index in [9.17, 15) is 0 Å². The number of unbranched alkanes of at least 4 members (excludes halogenated alkanes) is 2. The highest BCUT2D eigenvalue weighted by Gasteiger charge is 2.09. The minimum absolute atomic E-state index is 0.0337. The van der Waals surface area contributed by atoms with Crippen LogP contribution >= 0.6 is 0 Å². The lowest BCUT2D eigenvalue weighted by Gasteiger charge is -2.18. The standard InChI is InChI=1S/C14H30O5/c1-4-5-6-7-17-12-14(19-11-9-16-3)13-18-10-8-15-2/h14H,4-13H2,1-3H3. The van der Waals surface area contributed by atoms with E-state index in [0.717, 1.165) is 13.0 Å². The minimum Gasteiger partial charge on any atom is -0.382 e. The SMILES string of the molecule is CCCCCOCC(COCCOC)OCCOC. The summed E-state index contributed by atoms with van der Waals surface area (Å²) in [5, 5.41) is 0. The molecule has 0 rings (SSSR count). The van der Waals surface area contributed by atoms with Gasteiger partial charge >= 0.3 is 0 Å². The van der Waals surface area contributed by atoms with Crippen molar-refractivity contribution in [2.24, 2.45) is 0 Å². The van der Waals surface area contributed by atoms with Crippen LogP contribution in [-0.4, -0.2) is 66.6 Å². The van der Waals surface area contributed by atoms with E-state index >= 15 is 0 Å². The molecular formula is C14H30O5. The molecule has 0 amide bonds. The molecule has 5 nitrogen and oxygen atoms in total. The maximum absolute atomic E-state index is 5.65. The Hall–Kier alpha value is -0.200. The second-order valence-corrected chi connectivity index (χ2v) is 4.34. The molecule has 5 heteroatoms. The van der Waals surface area contributed by atoms with E-state index in [0.29, 0.717) is 39.6 Å². The van der Waals surface area contributed by atoms with Crippen LogP contribution in [0.5, 0.6) is 0 Å². The molecule has 0 spiro atoms. The Morgan fingerprint density at radius 1 is 0.737 bits per heavy atom. The van der Waals surface area contributed by atoms with E-state index in [4.69, 9.17) is 23.7 Å². The summed E-state index contributed by atoms with van der Waals surface area (Å²) in [7, 11) is 3.32. The Balaban J connectivity index is 3.63. The van der Waals surface area contributed by atoms with Crippen molar-refractivity contribution < 1.29 is 23.7 Å². The molecule has 0 aliphatic heterocycles. The Morgan fingerprint density at radius 3 is 2.00 bits per heavy atom. The summed E-state index contributed by atoms with van der Waals surface area (Å²) in [5.41, 5.74) is 0. The van der Waals surface area contributed by atoms with Crippen LogP contribution in [0.4, 0.5) is 0 Å². The number of methoxy groups -OCH3 is 2. The molecule has 0 fully saturated rings. The molecule has 0 saturated heterocycles. The largest absolute Gasteiger partial charge is 0.382 e. The van der Waals surface area contributed by atoms with Crippen LogP contribution in [0.3, 0.4) is 0 Å². The molecule has 0 bridgehead atoms. The molecule has 0 N–H and O–H groups in total. The lowest BCUT2D eigenvalue weighted by atomic mass is 10.3. The maximum Gasteiger partial charge on any atom is 0.104 e. The van der Waals surface area contributed by atoms with Crippen molar-refractivity contribution in [3.63, 3.8) is 0 Å². The van der Waals surface area contributed by atoms with Crippen molar-refractivity contribution in [2.45, 2.75) is 32.3 Å². The third kappa shape index (κ3) is 14.0. The Labute approximate surface area is 117 Å². The van der Waals surface area contributed by atoms with Crippen molar-refractivity contribution >= 4 is 0 Å². The lowest BCUT2D eigenvalue weighted by Crippen LogP contribution is -2.28. The minimum atomic E-state index is -0.0337. The average molecular weight is 278 g/mol. The first-order valence-electron chi connectivity index (χ1n) is 7.10. The molecular weight excluding hydrogens is 248 g/mol. The molecule has 19 heavy (non-hydrogen) atoms. The van der Waals surface area contributed by atoms with Gasteiger partial charge in [-0.25, -0.2) is 0 Å². The number of hydrogen-bond acceptors (Lipinski definition) is 5. The summed E-state index contributed by atoms with van der Waals surface area (Å²) >= 11 is 0. The van der Waals surface area contributed by atoms with E-state index in [1.54, 1.807) is 14.2 Å². The van der Waals surface area contributed by atoms with Gasteiger partial charge in [0.05, 0.1) is 39.6 Å². The van der Waals surface area contributed by atoms with E-state index in [1.165, 1.54) is 12.8 Å². The highest BCUT2D eigenvalue weighted by molar-refractivity contribution is 4.56. The van der Waals surface area contributed by atoms with E-state index < -0.39 is 0 Å². The molecule has 0 aliphatic carbocycles. The van der Waals surface area contributed by atoms with Gasteiger partial charge in [0, 0.05) is 20.8 Å². The van der Waals surface area contributed by atoms with Crippen molar-refractivity contribution in [3.05, 3.63) is 0 Å². The predicted octanol–water partition coefficient (Wildman–Crippen LogP) is 1.89. The third-order valence-corrected chi connectivity index (χ3v) is 2.57. The van der Waals surface area contributed by atoms with Crippen LogP contribution in [0.2, 0.25) is 0 Å². The van der Waals surface area contributed by atoms with Crippen LogP contribution in [0.15, 0.2) is 0 Å². The fourth-order valence-corrected chi connectivity index (χ4v) is 1.47. The lowest BCUT2D eigenvalue weighted by molar-refractivity contribution is -0.0746. The molecule has 0 aromatic heterocycles. The van der Waals surface area contributed by atoms with Crippen molar-refractivity contribution in [2.75, 3.05) is 60.5 Å². The van der Waals surface area contributed by atoms with Crippen LogP contribution in [0.25, 0.3) is 0 Å². The predicted molar refractivity (Wildman–Crippen MR) is 74.7 cm³/mol. The quantitative estimate of drug-likeness (QED) is 0.428. The zero-order valence-corrected chi connectivity index (χ0v) is 12.7. The molecule has 1 atom stereocenters. The molecule has 116 valence electrons. The first-order chi connectivity index (χ1) is 9.35. The summed E-state index contributed by atoms with van der Waals surface area (Å²) < 4.78 is 26.6. The van der Waals surface area contributed by atoms with Gasteiger partial charge in [-0.1, -0.05) is 19.8 Å².